The second-order valence-corrected chi connectivity index (χ2v) is 8.08. The number of hydrogen-bond donors (Lipinski definition) is 1. The Balaban J connectivity index is 2.60. The van der Waals surface area contributed by atoms with Gasteiger partial charge in [-0.2, -0.15) is 0 Å². The van der Waals surface area contributed by atoms with E-state index in [1.54, 1.807) is 12.1 Å². The lowest BCUT2D eigenvalue weighted by Crippen LogP contribution is -2.45. The van der Waals surface area contributed by atoms with E-state index in [9.17, 15) is 9.59 Å². The van der Waals surface area contributed by atoms with Gasteiger partial charge in [-0.05, 0) is 11.8 Å². The molecule has 0 aliphatic carbocycles. The van der Waals surface area contributed by atoms with Crippen molar-refractivity contribution >= 4 is 11.8 Å². The van der Waals surface area contributed by atoms with Crippen LogP contribution in [-0.4, -0.2) is 24.4 Å². The minimum absolute atomic E-state index is 0.0158. The zero-order valence-corrected chi connectivity index (χ0v) is 16.8. The number of Topliss-reactive ketones (excluding diaryl/α,β-unsaturated/α-hetero) is 1. The first-order chi connectivity index (χ1) is 12.3. The number of nitrogens with two attached hydrogens (primary N) is 1. The van der Waals surface area contributed by atoms with Crippen LogP contribution in [0.25, 0.3) is 0 Å². The molecule has 0 saturated carbocycles. The number of rotatable bonds is 11. The molecule has 0 spiro atoms. The highest BCUT2D eigenvalue weighted by atomic mass is 16.5. The minimum Gasteiger partial charge on any atom is -0.466 e. The Hall–Kier alpha value is -1.68. The summed E-state index contributed by atoms with van der Waals surface area (Å²) in [7, 11) is 0. The van der Waals surface area contributed by atoms with Crippen LogP contribution in [0.3, 0.4) is 0 Å². The fraction of sp³-hybridized carbons (Fsp3) is 0.636. The lowest BCUT2D eigenvalue weighted by atomic mass is 9.71. The van der Waals surface area contributed by atoms with Crippen molar-refractivity contribution in [3.63, 3.8) is 0 Å². The Morgan fingerprint density at radius 2 is 1.65 bits per heavy atom. The molecule has 2 N–H and O–H groups in total. The molecular formula is C22H35NO3. The van der Waals surface area contributed by atoms with Crippen molar-refractivity contribution in [1.82, 2.24) is 0 Å². The summed E-state index contributed by atoms with van der Waals surface area (Å²) in [6.07, 6.45) is 5.60. The van der Waals surface area contributed by atoms with Gasteiger partial charge in [0.2, 0.25) is 0 Å². The molecule has 1 aromatic carbocycles. The molecule has 1 rings (SSSR count). The van der Waals surface area contributed by atoms with E-state index in [0.717, 1.165) is 12.8 Å². The number of unbranched alkanes of at least 4 members (excludes halogenated alkanes) is 4. The zero-order chi connectivity index (χ0) is 19.6. The molecule has 0 aromatic heterocycles. The third-order valence-corrected chi connectivity index (χ3v) is 4.62. The normalized spacial score (nSPS) is 13.9. The molecule has 4 nitrogen and oxygen atoms in total. The van der Waals surface area contributed by atoms with Gasteiger partial charge in [-0.1, -0.05) is 83.7 Å². The highest BCUT2D eigenvalue weighted by molar-refractivity contribution is 5.99. The van der Waals surface area contributed by atoms with E-state index in [1.807, 2.05) is 39.0 Å². The summed E-state index contributed by atoms with van der Waals surface area (Å²) >= 11 is 0. The van der Waals surface area contributed by atoms with Crippen molar-refractivity contribution in [2.75, 3.05) is 6.61 Å². The molecule has 0 aliphatic heterocycles. The molecule has 26 heavy (non-hydrogen) atoms. The molecule has 1 aromatic rings. The molecule has 2 unspecified atom stereocenters. The molecular weight excluding hydrogens is 326 g/mol. The molecule has 0 saturated heterocycles. The predicted molar refractivity (Wildman–Crippen MR) is 106 cm³/mol. The van der Waals surface area contributed by atoms with Crippen molar-refractivity contribution in [2.45, 2.75) is 72.3 Å². The third-order valence-electron chi connectivity index (χ3n) is 4.62. The van der Waals surface area contributed by atoms with Crippen LogP contribution in [0.2, 0.25) is 0 Å². The SMILES string of the molecule is CCCCCCCOC(=O)CC(N)C(C(=O)c1ccccc1)C(C)(C)C. The predicted octanol–water partition coefficient (Wildman–Crippen LogP) is 4.76. The summed E-state index contributed by atoms with van der Waals surface area (Å²) in [5.74, 6) is -0.775. The monoisotopic (exact) mass is 361 g/mol. The average molecular weight is 362 g/mol. The maximum absolute atomic E-state index is 12.9. The first kappa shape index (κ1) is 22.4. The van der Waals surface area contributed by atoms with Crippen molar-refractivity contribution in [3.8, 4) is 0 Å². The second kappa shape index (κ2) is 11.1. The van der Waals surface area contributed by atoms with Crippen LogP contribution in [0.15, 0.2) is 30.3 Å². The lowest BCUT2D eigenvalue weighted by molar-refractivity contribution is -0.144. The maximum Gasteiger partial charge on any atom is 0.307 e. The molecule has 0 fully saturated rings. The van der Waals surface area contributed by atoms with Crippen molar-refractivity contribution < 1.29 is 14.3 Å². The number of hydrogen-bond acceptors (Lipinski definition) is 4. The van der Waals surface area contributed by atoms with E-state index in [0.29, 0.717) is 12.2 Å². The van der Waals surface area contributed by atoms with Gasteiger partial charge in [0.25, 0.3) is 0 Å². The van der Waals surface area contributed by atoms with Crippen LogP contribution in [0, 0.1) is 11.3 Å². The van der Waals surface area contributed by atoms with Crippen molar-refractivity contribution in [3.05, 3.63) is 35.9 Å². The maximum atomic E-state index is 12.9. The van der Waals surface area contributed by atoms with E-state index in [2.05, 4.69) is 6.92 Å². The highest BCUT2D eigenvalue weighted by Crippen LogP contribution is 2.32. The zero-order valence-electron chi connectivity index (χ0n) is 16.8. The largest absolute Gasteiger partial charge is 0.466 e. The van der Waals surface area contributed by atoms with Crippen LogP contribution >= 0.6 is 0 Å². The summed E-state index contributed by atoms with van der Waals surface area (Å²) in [5, 5.41) is 0. The van der Waals surface area contributed by atoms with Crippen molar-refractivity contribution in [2.24, 2.45) is 17.1 Å². The van der Waals surface area contributed by atoms with E-state index in [1.165, 1.54) is 19.3 Å². The van der Waals surface area contributed by atoms with Crippen LogP contribution in [-0.2, 0) is 9.53 Å². The van der Waals surface area contributed by atoms with Crippen molar-refractivity contribution in [1.29, 1.82) is 0 Å². The topological polar surface area (TPSA) is 69.4 Å². The van der Waals surface area contributed by atoms with Crippen LogP contribution in [0.1, 0.15) is 76.6 Å². The fourth-order valence-corrected chi connectivity index (χ4v) is 3.27. The number of benzene rings is 1. The van der Waals surface area contributed by atoms with Gasteiger partial charge in [0.1, 0.15) is 0 Å². The van der Waals surface area contributed by atoms with Gasteiger partial charge < -0.3 is 10.5 Å². The number of ketones is 1. The summed E-state index contributed by atoms with van der Waals surface area (Å²) < 4.78 is 5.31. The van der Waals surface area contributed by atoms with Crippen LogP contribution < -0.4 is 5.73 Å². The molecule has 4 heteroatoms. The van der Waals surface area contributed by atoms with Gasteiger partial charge in [-0.3, -0.25) is 9.59 Å². The molecule has 0 aliphatic rings. The second-order valence-electron chi connectivity index (χ2n) is 8.08. The first-order valence-electron chi connectivity index (χ1n) is 9.77. The molecule has 0 radical (unpaired) electrons. The van der Waals surface area contributed by atoms with Crippen LogP contribution in [0.4, 0.5) is 0 Å². The van der Waals surface area contributed by atoms with E-state index in [-0.39, 0.29) is 23.6 Å². The molecule has 146 valence electrons. The van der Waals surface area contributed by atoms with Gasteiger partial charge in [0.15, 0.2) is 5.78 Å². The average Bonchev–Trinajstić information content (AvgIpc) is 2.57. The van der Waals surface area contributed by atoms with Crippen LogP contribution in [0.5, 0.6) is 0 Å². The first-order valence-corrected chi connectivity index (χ1v) is 9.77. The van der Waals surface area contributed by atoms with Gasteiger partial charge in [-0.25, -0.2) is 0 Å². The van der Waals surface area contributed by atoms with Gasteiger partial charge in [0, 0.05) is 17.5 Å². The Labute approximate surface area is 158 Å². The Morgan fingerprint density at radius 1 is 1.04 bits per heavy atom. The van der Waals surface area contributed by atoms with Gasteiger partial charge in [-0.15, -0.1) is 0 Å². The lowest BCUT2D eigenvalue weighted by Gasteiger charge is -2.33. The Bertz CT molecular complexity index is 548. The molecule has 0 bridgehead atoms. The standard InChI is InChI=1S/C22H35NO3/c1-5-6-7-8-12-15-26-19(24)16-18(23)20(22(2,3)4)21(25)17-13-10-9-11-14-17/h9-11,13-14,18,20H,5-8,12,15-16,23H2,1-4H3. The Kier molecular flexibility index (Phi) is 9.57. The fourth-order valence-electron chi connectivity index (χ4n) is 3.27. The Morgan fingerprint density at radius 3 is 2.23 bits per heavy atom. The minimum atomic E-state index is -0.560. The highest BCUT2D eigenvalue weighted by Gasteiger charge is 2.37. The van der Waals surface area contributed by atoms with E-state index < -0.39 is 12.0 Å². The summed E-state index contributed by atoms with van der Waals surface area (Å²) in [4.78, 5) is 25.1. The number of carbonyl (C=O) groups excluding carboxylic acids is 2. The summed E-state index contributed by atoms with van der Waals surface area (Å²) in [6.45, 7) is 8.55. The molecule has 0 heterocycles. The van der Waals surface area contributed by atoms with Gasteiger partial charge >= 0.3 is 5.97 Å². The molecule has 0 amide bonds. The van der Waals surface area contributed by atoms with E-state index in [4.69, 9.17) is 10.5 Å². The number of ether oxygens (including phenoxy) is 1. The van der Waals surface area contributed by atoms with Gasteiger partial charge in [0.05, 0.1) is 13.0 Å². The third kappa shape index (κ3) is 7.69. The summed E-state index contributed by atoms with van der Waals surface area (Å²) in [5.41, 5.74) is 6.58. The molecule has 2 atom stereocenters. The number of carbonyl (C=O) groups is 2. The van der Waals surface area contributed by atoms with E-state index >= 15 is 0 Å². The summed E-state index contributed by atoms with van der Waals surface area (Å²) in [6, 6.07) is 8.58. The smallest absolute Gasteiger partial charge is 0.307 e. The quantitative estimate of drug-likeness (QED) is 0.350. The number of esters is 1.